The molecule has 0 N–H and O–H groups in total. The Morgan fingerprint density at radius 3 is 2.92 bits per heavy atom. The van der Waals surface area contributed by atoms with E-state index in [9.17, 15) is 4.79 Å². The number of oxazole rings is 1. The van der Waals surface area contributed by atoms with E-state index in [1.54, 1.807) is 6.92 Å². The molecule has 1 aliphatic heterocycles. The van der Waals surface area contributed by atoms with Crippen molar-refractivity contribution < 1.29 is 9.21 Å². The van der Waals surface area contributed by atoms with Gasteiger partial charge in [-0.1, -0.05) is 23.7 Å². The quantitative estimate of drug-likeness (QED) is 0.851. The van der Waals surface area contributed by atoms with Crippen LogP contribution in [0.25, 0.3) is 11.5 Å². The second-order valence-corrected chi connectivity index (χ2v) is 6.72. The highest BCUT2D eigenvalue weighted by molar-refractivity contribution is 6.33. The summed E-state index contributed by atoms with van der Waals surface area (Å²) < 4.78 is 5.82. The van der Waals surface area contributed by atoms with Gasteiger partial charge in [0.2, 0.25) is 11.8 Å². The molecule has 0 radical (unpaired) electrons. The largest absolute Gasteiger partial charge is 0.441 e. The first-order valence-electron chi connectivity index (χ1n) is 8.12. The average molecular weight is 348 g/mol. The lowest BCUT2D eigenvalue weighted by Crippen LogP contribution is -2.37. The molecule has 1 amide bonds. The molecule has 128 valence electrons. The summed E-state index contributed by atoms with van der Waals surface area (Å²) in [6.07, 6.45) is 0.990. The first-order valence-corrected chi connectivity index (χ1v) is 8.50. The number of halogens is 1. The Morgan fingerprint density at radius 2 is 2.21 bits per heavy atom. The molecule has 24 heavy (non-hydrogen) atoms. The maximum Gasteiger partial charge on any atom is 0.228 e. The second kappa shape index (κ2) is 6.95. The molecule has 6 heteroatoms. The number of hydrogen-bond donors (Lipinski definition) is 0. The Morgan fingerprint density at radius 1 is 1.46 bits per heavy atom. The molecule has 1 aromatic carbocycles. The number of likely N-dealkylation sites (tertiary alicyclic amines) is 1. The van der Waals surface area contributed by atoms with Gasteiger partial charge in [-0.15, -0.1) is 0 Å². The third-order valence-corrected chi connectivity index (χ3v) is 4.99. The maximum atomic E-state index is 11.5. The van der Waals surface area contributed by atoms with Crippen LogP contribution in [-0.2, 0) is 11.3 Å². The Hall–Kier alpha value is -1.85. The highest BCUT2D eigenvalue weighted by Gasteiger charge is 2.28. The van der Waals surface area contributed by atoms with E-state index in [2.05, 4.69) is 9.88 Å². The second-order valence-electron chi connectivity index (χ2n) is 6.31. The molecule has 5 nitrogen and oxygen atoms in total. The molecule has 1 fully saturated rings. The molecule has 0 aliphatic carbocycles. The Labute approximate surface area is 147 Å². The van der Waals surface area contributed by atoms with Crippen molar-refractivity contribution in [2.45, 2.75) is 32.9 Å². The first kappa shape index (κ1) is 17.0. The summed E-state index contributed by atoms with van der Waals surface area (Å²) in [5, 5.41) is 0.634. The zero-order chi connectivity index (χ0) is 17.3. The van der Waals surface area contributed by atoms with E-state index >= 15 is 0 Å². The smallest absolute Gasteiger partial charge is 0.228 e. The fraction of sp³-hybridized carbons (Fsp3) is 0.444. The van der Waals surface area contributed by atoms with Crippen LogP contribution >= 0.6 is 11.6 Å². The zero-order valence-electron chi connectivity index (χ0n) is 14.3. The van der Waals surface area contributed by atoms with Crippen LogP contribution in [0.5, 0.6) is 0 Å². The van der Waals surface area contributed by atoms with Crippen molar-refractivity contribution in [2.75, 3.05) is 20.1 Å². The normalized spacial score (nSPS) is 18.1. The Bertz CT molecular complexity index is 744. The van der Waals surface area contributed by atoms with E-state index in [0.717, 1.165) is 43.1 Å². The molecule has 1 aliphatic rings. The molecular weight excluding hydrogens is 326 g/mol. The molecule has 1 saturated heterocycles. The van der Waals surface area contributed by atoms with Crippen molar-refractivity contribution in [1.29, 1.82) is 0 Å². The van der Waals surface area contributed by atoms with Crippen LogP contribution in [0.1, 0.15) is 24.8 Å². The average Bonchev–Trinajstić information content (AvgIpc) is 3.15. The van der Waals surface area contributed by atoms with Gasteiger partial charge < -0.3 is 9.32 Å². The minimum atomic E-state index is 0.112. The Kier molecular flexibility index (Phi) is 4.92. The molecule has 1 aromatic heterocycles. The fourth-order valence-electron chi connectivity index (χ4n) is 3.07. The maximum absolute atomic E-state index is 11.5. The lowest BCUT2D eigenvalue weighted by Gasteiger charge is -2.23. The van der Waals surface area contributed by atoms with Crippen molar-refractivity contribution in [2.24, 2.45) is 0 Å². The molecule has 3 rings (SSSR count). The summed E-state index contributed by atoms with van der Waals surface area (Å²) in [5.74, 6) is 1.48. The summed E-state index contributed by atoms with van der Waals surface area (Å²) in [4.78, 5) is 20.3. The number of benzene rings is 1. The first-order chi connectivity index (χ1) is 11.5. The van der Waals surface area contributed by atoms with E-state index in [-0.39, 0.29) is 11.9 Å². The van der Waals surface area contributed by atoms with E-state index in [4.69, 9.17) is 16.0 Å². The van der Waals surface area contributed by atoms with Crippen molar-refractivity contribution in [3.63, 3.8) is 0 Å². The third-order valence-electron chi connectivity index (χ3n) is 4.66. The number of carbonyl (C=O) groups excluding carboxylic acids is 1. The zero-order valence-corrected chi connectivity index (χ0v) is 15.0. The number of likely N-dealkylation sites (N-methyl/N-ethyl adjacent to an activating group) is 1. The minimum absolute atomic E-state index is 0.112. The van der Waals surface area contributed by atoms with Crippen LogP contribution < -0.4 is 0 Å². The van der Waals surface area contributed by atoms with Gasteiger partial charge in [0.05, 0.1) is 16.3 Å². The predicted octanol–water partition coefficient (Wildman–Crippen LogP) is 3.36. The van der Waals surface area contributed by atoms with Gasteiger partial charge >= 0.3 is 0 Å². The van der Waals surface area contributed by atoms with Crippen molar-refractivity contribution in [1.82, 2.24) is 14.8 Å². The number of aromatic nitrogens is 1. The van der Waals surface area contributed by atoms with E-state index in [0.29, 0.717) is 10.9 Å². The van der Waals surface area contributed by atoms with E-state index in [1.807, 2.05) is 43.1 Å². The molecule has 0 saturated carbocycles. The van der Waals surface area contributed by atoms with Crippen LogP contribution in [0.2, 0.25) is 5.02 Å². The number of amides is 1. The number of hydrogen-bond acceptors (Lipinski definition) is 4. The van der Waals surface area contributed by atoms with Crippen LogP contribution in [-0.4, -0.2) is 46.9 Å². The standard InChI is InChI=1S/C18H22ClN3O2/c1-12-17(11-22-9-8-14(10-22)21(3)13(2)23)20-18(24-12)15-6-4-5-7-16(15)19/h4-7,14H,8-11H2,1-3H3/t14-/m1/s1. The summed E-state index contributed by atoms with van der Waals surface area (Å²) in [6.45, 7) is 6.08. The van der Waals surface area contributed by atoms with Crippen molar-refractivity contribution >= 4 is 17.5 Å². The van der Waals surface area contributed by atoms with Gasteiger partial charge in [-0.3, -0.25) is 9.69 Å². The molecule has 0 bridgehead atoms. The van der Waals surface area contributed by atoms with Crippen LogP contribution in [0.4, 0.5) is 0 Å². The summed E-state index contributed by atoms with van der Waals surface area (Å²) in [7, 11) is 1.87. The van der Waals surface area contributed by atoms with Gasteiger partial charge in [0.25, 0.3) is 0 Å². The highest BCUT2D eigenvalue weighted by Crippen LogP contribution is 2.29. The van der Waals surface area contributed by atoms with Crippen molar-refractivity contribution in [3.05, 3.63) is 40.7 Å². The molecule has 0 spiro atoms. The number of rotatable bonds is 4. The van der Waals surface area contributed by atoms with Gasteiger partial charge in [0.15, 0.2) is 0 Å². The predicted molar refractivity (Wildman–Crippen MR) is 93.8 cm³/mol. The van der Waals surface area contributed by atoms with E-state index < -0.39 is 0 Å². The molecule has 2 heterocycles. The van der Waals surface area contributed by atoms with Gasteiger partial charge in [-0.25, -0.2) is 4.98 Å². The van der Waals surface area contributed by atoms with Gasteiger partial charge in [0.1, 0.15) is 5.76 Å². The van der Waals surface area contributed by atoms with Crippen molar-refractivity contribution in [3.8, 4) is 11.5 Å². The fourth-order valence-corrected chi connectivity index (χ4v) is 3.28. The minimum Gasteiger partial charge on any atom is -0.441 e. The van der Waals surface area contributed by atoms with Crippen LogP contribution in [0.3, 0.4) is 0 Å². The van der Waals surface area contributed by atoms with Gasteiger partial charge in [-0.05, 0) is 25.5 Å². The number of aryl methyl sites for hydroxylation is 1. The number of nitrogens with zero attached hydrogens (tertiary/aromatic N) is 3. The SMILES string of the molecule is CC(=O)N(C)[C@@H]1CCN(Cc2nc(-c3ccccc3Cl)oc2C)C1. The number of carbonyl (C=O) groups is 1. The lowest BCUT2D eigenvalue weighted by atomic mass is 10.2. The van der Waals surface area contributed by atoms with E-state index in [1.165, 1.54) is 0 Å². The third kappa shape index (κ3) is 3.47. The molecule has 1 atom stereocenters. The summed E-state index contributed by atoms with van der Waals surface area (Å²) in [5.41, 5.74) is 1.74. The topological polar surface area (TPSA) is 49.6 Å². The summed E-state index contributed by atoms with van der Waals surface area (Å²) >= 11 is 6.23. The molecule has 2 aromatic rings. The van der Waals surface area contributed by atoms with Crippen LogP contribution in [0.15, 0.2) is 28.7 Å². The van der Waals surface area contributed by atoms with Crippen LogP contribution in [0, 0.1) is 6.92 Å². The summed E-state index contributed by atoms with van der Waals surface area (Å²) in [6, 6.07) is 7.82. The Balaban J connectivity index is 1.71. The lowest BCUT2D eigenvalue weighted by molar-refractivity contribution is -0.129. The highest BCUT2D eigenvalue weighted by atomic mass is 35.5. The van der Waals surface area contributed by atoms with Gasteiger partial charge in [-0.2, -0.15) is 0 Å². The monoisotopic (exact) mass is 347 g/mol. The molecular formula is C18H22ClN3O2. The van der Waals surface area contributed by atoms with Gasteiger partial charge in [0, 0.05) is 39.6 Å². The molecule has 0 unspecified atom stereocenters.